The summed E-state index contributed by atoms with van der Waals surface area (Å²) in [7, 11) is 2.02. The molecule has 2 rings (SSSR count). The van der Waals surface area contributed by atoms with Crippen molar-refractivity contribution in [1.29, 1.82) is 0 Å². The average Bonchev–Trinajstić information content (AvgIpc) is 2.70. The summed E-state index contributed by atoms with van der Waals surface area (Å²) in [5.41, 5.74) is 8.29. The number of rotatable bonds is 5. The number of hydrogen-bond donors (Lipinski definition) is 2. The number of hydrogen-bond acceptors (Lipinski definition) is 4. The van der Waals surface area contributed by atoms with Gasteiger partial charge >= 0.3 is 0 Å². The number of benzene rings is 1. The van der Waals surface area contributed by atoms with Gasteiger partial charge in [-0.3, -0.25) is 4.79 Å². The molecule has 3 N–H and O–H groups in total. The smallest absolute Gasteiger partial charge is 0.245 e. The number of nitrogens with two attached hydrogens (primary N) is 1. The molecule has 0 aromatic heterocycles. The first-order valence-corrected chi connectivity index (χ1v) is 8.34. The first-order chi connectivity index (χ1) is 9.45. The van der Waals surface area contributed by atoms with Crippen LogP contribution >= 0.6 is 23.4 Å². The van der Waals surface area contributed by atoms with Gasteiger partial charge in [0.15, 0.2) is 0 Å². The Bertz CT molecular complexity index is 523. The van der Waals surface area contributed by atoms with Gasteiger partial charge in [0.05, 0.1) is 10.7 Å². The van der Waals surface area contributed by atoms with Crippen LogP contribution in [0.2, 0.25) is 5.02 Å². The van der Waals surface area contributed by atoms with E-state index in [0.717, 1.165) is 29.1 Å². The van der Waals surface area contributed by atoms with E-state index in [-0.39, 0.29) is 5.91 Å². The van der Waals surface area contributed by atoms with E-state index >= 15 is 0 Å². The summed E-state index contributed by atoms with van der Waals surface area (Å²) in [4.78, 5) is 13.8. The number of nitrogens with one attached hydrogen (secondary N) is 1. The van der Waals surface area contributed by atoms with Crippen molar-refractivity contribution in [1.82, 2.24) is 0 Å². The van der Waals surface area contributed by atoms with Crippen LogP contribution in [0.1, 0.15) is 24.9 Å². The highest BCUT2D eigenvalue weighted by Gasteiger charge is 2.29. The molecule has 1 aliphatic heterocycles. The standard InChI is InChI=1S/C14H20ClN3OS/c1-8(4-5-20-3)18(2)12-7-11-9(6-10(12)15)13(16)14(19)17-11/h6-8,13H,4-5,16H2,1-3H3,(H,17,19). The fourth-order valence-corrected chi connectivity index (χ4v) is 3.17. The van der Waals surface area contributed by atoms with Crippen LogP contribution in [0.15, 0.2) is 12.1 Å². The second kappa shape index (κ2) is 6.24. The van der Waals surface area contributed by atoms with Crippen molar-refractivity contribution >= 4 is 40.6 Å². The molecule has 0 radical (unpaired) electrons. The molecule has 0 fully saturated rings. The first-order valence-electron chi connectivity index (χ1n) is 6.57. The Morgan fingerprint density at radius 2 is 2.25 bits per heavy atom. The van der Waals surface area contributed by atoms with Crippen LogP contribution in [0, 0.1) is 0 Å². The summed E-state index contributed by atoms with van der Waals surface area (Å²) in [6.45, 7) is 2.17. The molecule has 1 heterocycles. The van der Waals surface area contributed by atoms with Crippen molar-refractivity contribution in [3.05, 3.63) is 22.7 Å². The molecule has 0 saturated heterocycles. The number of nitrogens with zero attached hydrogens (tertiary/aromatic N) is 1. The number of fused-ring (bicyclic) bond motifs is 1. The van der Waals surface area contributed by atoms with E-state index in [1.165, 1.54) is 0 Å². The van der Waals surface area contributed by atoms with E-state index < -0.39 is 6.04 Å². The number of anilines is 2. The van der Waals surface area contributed by atoms with Crippen molar-refractivity contribution in [3.63, 3.8) is 0 Å². The summed E-state index contributed by atoms with van der Waals surface area (Å²) in [6.07, 6.45) is 3.18. The Labute approximate surface area is 129 Å². The third-order valence-electron chi connectivity index (χ3n) is 3.78. The van der Waals surface area contributed by atoms with E-state index in [0.29, 0.717) is 11.1 Å². The lowest BCUT2D eigenvalue weighted by Crippen LogP contribution is -2.29. The van der Waals surface area contributed by atoms with Crippen LogP contribution in [-0.2, 0) is 4.79 Å². The number of halogens is 1. The molecule has 2 unspecified atom stereocenters. The topological polar surface area (TPSA) is 58.4 Å². The van der Waals surface area contributed by atoms with E-state index in [4.69, 9.17) is 17.3 Å². The molecule has 1 amide bonds. The molecule has 20 heavy (non-hydrogen) atoms. The second-order valence-electron chi connectivity index (χ2n) is 5.10. The molecule has 0 bridgehead atoms. The molecule has 1 aliphatic rings. The quantitative estimate of drug-likeness (QED) is 0.877. The predicted molar refractivity (Wildman–Crippen MR) is 87.9 cm³/mol. The first kappa shape index (κ1) is 15.5. The summed E-state index contributed by atoms with van der Waals surface area (Å²) in [6, 6.07) is 3.48. The normalized spacial score (nSPS) is 18.6. The molecular weight excluding hydrogens is 294 g/mol. The zero-order chi connectivity index (χ0) is 14.9. The molecule has 0 saturated carbocycles. The van der Waals surface area contributed by atoms with E-state index in [9.17, 15) is 4.79 Å². The Morgan fingerprint density at radius 1 is 1.55 bits per heavy atom. The van der Waals surface area contributed by atoms with Crippen LogP contribution in [0.4, 0.5) is 11.4 Å². The largest absolute Gasteiger partial charge is 0.371 e. The van der Waals surface area contributed by atoms with Crippen molar-refractivity contribution in [2.45, 2.75) is 25.4 Å². The molecule has 0 spiro atoms. The highest BCUT2D eigenvalue weighted by molar-refractivity contribution is 7.98. The van der Waals surface area contributed by atoms with E-state index in [2.05, 4.69) is 23.4 Å². The molecule has 1 aromatic carbocycles. The fraction of sp³-hybridized carbons (Fsp3) is 0.500. The van der Waals surface area contributed by atoms with Crippen LogP contribution in [-0.4, -0.2) is 31.0 Å². The van der Waals surface area contributed by atoms with Gasteiger partial charge in [0, 0.05) is 24.3 Å². The zero-order valence-electron chi connectivity index (χ0n) is 11.9. The maximum absolute atomic E-state index is 11.6. The van der Waals surface area contributed by atoms with Gasteiger partial charge in [-0.25, -0.2) is 0 Å². The summed E-state index contributed by atoms with van der Waals surface area (Å²) in [5.74, 6) is 0.932. The van der Waals surface area contributed by atoms with Crippen LogP contribution in [0.5, 0.6) is 0 Å². The third kappa shape index (κ3) is 2.90. The minimum absolute atomic E-state index is 0.175. The number of carbonyl (C=O) groups excluding carboxylic acids is 1. The number of thioether (sulfide) groups is 1. The Morgan fingerprint density at radius 3 is 2.90 bits per heavy atom. The lowest BCUT2D eigenvalue weighted by atomic mass is 10.1. The summed E-state index contributed by atoms with van der Waals surface area (Å²) < 4.78 is 0. The van der Waals surface area contributed by atoms with Gasteiger partial charge in [0.25, 0.3) is 0 Å². The number of amides is 1. The molecule has 1 aromatic rings. The number of carbonyl (C=O) groups is 1. The molecule has 4 nitrogen and oxygen atoms in total. The molecular formula is C14H20ClN3OS. The van der Waals surface area contributed by atoms with Crippen molar-refractivity contribution in [2.75, 3.05) is 29.3 Å². The van der Waals surface area contributed by atoms with Gasteiger partial charge in [0.2, 0.25) is 5.91 Å². The molecule has 110 valence electrons. The molecule has 2 atom stereocenters. The lowest BCUT2D eigenvalue weighted by Gasteiger charge is -2.28. The maximum Gasteiger partial charge on any atom is 0.245 e. The van der Waals surface area contributed by atoms with Gasteiger partial charge in [0.1, 0.15) is 6.04 Å². The highest BCUT2D eigenvalue weighted by atomic mass is 35.5. The van der Waals surface area contributed by atoms with Crippen LogP contribution in [0.3, 0.4) is 0 Å². The Hall–Kier alpha value is -0.910. The molecule has 6 heteroatoms. The minimum Gasteiger partial charge on any atom is -0.371 e. The second-order valence-corrected chi connectivity index (χ2v) is 6.49. The summed E-state index contributed by atoms with van der Waals surface area (Å²) >= 11 is 8.19. The molecule has 0 aliphatic carbocycles. The Balaban J connectivity index is 2.26. The average molecular weight is 314 g/mol. The van der Waals surface area contributed by atoms with Crippen LogP contribution in [0.25, 0.3) is 0 Å². The van der Waals surface area contributed by atoms with Gasteiger partial charge in [-0.15, -0.1) is 0 Å². The maximum atomic E-state index is 11.6. The van der Waals surface area contributed by atoms with Gasteiger partial charge in [-0.2, -0.15) is 11.8 Å². The SMILES string of the molecule is CSCCC(C)N(C)c1cc2c(cc1Cl)C(N)C(=O)N2. The van der Waals surface area contributed by atoms with Gasteiger partial charge in [-0.1, -0.05) is 11.6 Å². The van der Waals surface area contributed by atoms with Crippen molar-refractivity contribution in [2.24, 2.45) is 5.73 Å². The van der Waals surface area contributed by atoms with E-state index in [1.54, 1.807) is 6.07 Å². The highest BCUT2D eigenvalue weighted by Crippen LogP contribution is 2.38. The van der Waals surface area contributed by atoms with Crippen LogP contribution < -0.4 is 16.0 Å². The lowest BCUT2D eigenvalue weighted by molar-refractivity contribution is -0.116. The predicted octanol–water partition coefficient (Wildman–Crippen LogP) is 2.87. The fourth-order valence-electron chi connectivity index (χ4n) is 2.28. The monoisotopic (exact) mass is 313 g/mol. The third-order valence-corrected chi connectivity index (χ3v) is 4.72. The Kier molecular flexibility index (Phi) is 4.83. The van der Waals surface area contributed by atoms with Gasteiger partial charge < -0.3 is 16.0 Å². The minimum atomic E-state index is -0.615. The van der Waals surface area contributed by atoms with Crippen molar-refractivity contribution < 1.29 is 4.79 Å². The zero-order valence-corrected chi connectivity index (χ0v) is 13.5. The summed E-state index contributed by atoms with van der Waals surface area (Å²) in [5, 5.41) is 3.43. The van der Waals surface area contributed by atoms with E-state index in [1.807, 2.05) is 24.9 Å². The van der Waals surface area contributed by atoms with Crippen molar-refractivity contribution in [3.8, 4) is 0 Å². The van der Waals surface area contributed by atoms with Gasteiger partial charge in [-0.05, 0) is 37.5 Å².